The molecule has 0 saturated heterocycles. The van der Waals surface area contributed by atoms with E-state index in [0.29, 0.717) is 5.71 Å². The summed E-state index contributed by atoms with van der Waals surface area (Å²) in [6.45, 7) is 3.04. The lowest BCUT2D eigenvalue weighted by Gasteiger charge is -2.28. The van der Waals surface area contributed by atoms with Crippen molar-refractivity contribution in [2.45, 2.75) is 41.9 Å². The summed E-state index contributed by atoms with van der Waals surface area (Å²) in [4.78, 5) is 2.18. The third kappa shape index (κ3) is 3.97. The lowest BCUT2D eigenvalue weighted by atomic mass is 9.76. The van der Waals surface area contributed by atoms with Crippen molar-refractivity contribution in [3.05, 3.63) is 17.7 Å². The highest BCUT2D eigenvalue weighted by atomic mass is 32.2. The van der Waals surface area contributed by atoms with Crippen LogP contribution in [0.3, 0.4) is 0 Å². The number of rotatable bonds is 6. The van der Waals surface area contributed by atoms with Crippen LogP contribution in [0.1, 0.15) is 32.3 Å². The first-order chi connectivity index (χ1) is 11.6. The van der Waals surface area contributed by atoms with Crippen LogP contribution in [0.2, 0.25) is 0 Å². The molecule has 1 heterocycles. The standard InChI is InChI=1S/C13H17NO9S3/c1-8-13(2,6-3-7-24(15,16)17)11-9(14-8)4-5-10(25(18,19)20)12(11)26(21,22)23/h4-5H,3,6-7H2,1-2H3,(H,15,16,17)(H,18,19,20)(H,21,22,23). The van der Waals surface area contributed by atoms with Crippen LogP contribution in [0.15, 0.2) is 26.9 Å². The summed E-state index contributed by atoms with van der Waals surface area (Å²) >= 11 is 0. The van der Waals surface area contributed by atoms with E-state index in [0.717, 1.165) is 6.07 Å². The van der Waals surface area contributed by atoms with Crippen molar-refractivity contribution in [1.82, 2.24) is 0 Å². The smallest absolute Gasteiger partial charge is 0.286 e. The molecule has 0 amide bonds. The topological polar surface area (TPSA) is 175 Å². The molecule has 1 aliphatic heterocycles. The fourth-order valence-electron chi connectivity index (χ4n) is 3.04. The molecule has 1 aromatic rings. The Morgan fingerprint density at radius 1 is 1.00 bits per heavy atom. The van der Waals surface area contributed by atoms with E-state index in [1.165, 1.54) is 19.9 Å². The van der Waals surface area contributed by atoms with E-state index < -0.39 is 51.3 Å². The van der Waals surface area contributed by atoms with Gasteiger partial charge in [-0.1, -0.05) is 6.92 Å². The van der Waals surface area contributed by atoms with Crippen LogP contribution >= 0.6 is 0 Å². The third-order valence-electron chi connectivity index (χ3n) is 4.35. The largest absolute Gasteiger partial charge is 0.296 e. The van der Waals surface area contributed by atoms with Crippen molar-refractivity contribution >= 4 is 41.8 Å². The Morgan fingerprint density at radius 3 is 2.04 bits per heavy atom. The Bertz CT molecular complexity index is 1100. The van der Waals surface area contributed by atoms with Gasteiger partial charge in [0.1, 0.15) is 9.79 Å². The molecule has 1 aliphatic rings. The van der Waals surface area contributed by atoms with E-state index in [1.54, 1.807) is 0 Å². The SMILES string of the molecule is CC1=Nc2ccc(S(=O)(=O)O)c(S(=O)(=O)O)c2C1(C)CCCS(=O)(=O)O. The van der Waals surface area contributed by atoms with Gasteiger partial charge >= 0.3 is 0 Å². The van der Waals surface area contributed by atoms with Crippen LogP contribution in [-0.2, 0) is 35.8 Å². The Labute approximate surface area is 151 Å². The first-order valence-corrected chi connectivity index (χ1v) is 11.7. The molecule has 0 saturated carbocycles. The van der Waals surface area contributed by atoms with E-state index in [-0.39, 0.29) is 24.1 Å². The summed E-state index contributed by atoms with van der Waals surface area (Å²) < 4.78 is 96.5. The second-order valence-electron chi connectivity index (χ2n) is 6.16. The number of nitrogens with zero attached hydrogens (tertiary/aromatic N) is 1. The molecule has 146 valence electrons. The Morgan fingerprint density at radius 2 is 1.58 bits per heavy atom. The van der Waals surface area contributed by atoms with Gasteiger partial charge < -0.3 is 0 Å². The van der Waals surface area contributed by atoms with Gasteiger partial charge in [-0.25, -0.2) is 0 Å². The van der Waals surface area contributed by atoms with Crippen molar-refractivity contribution in [3.8, 4) is 0 Å². The second kappa shape index (κ2) is 6.35. The molecule has 0 aliphatic carbocycles. The molecular formula is C13H17NO9S3. The number of benzene rings is 1. The minimum Gasteiger partial charge on any atom is -0.286 e. The molecule has 1 aromatic carbocycles. The number of aliphatic imine (C=N–C) groups is 1. The zero-order valence-corrected chi connectivity index (χ0v) is 16.2. The zero-order chi connectivity index (χ0) is 20.1. The monoisotopic (exact) mass is 427 g/mol. The lowest BCUT2D eigenvalue weighted by molar-refractivity contribution is 0.458. The molecular weight excluding hydrogens is 410 g/mol. The van der Waals surface area contributed by atoms with Crippen molar-refractivity contribution in [1.29, 1.82) is 0 Å². The first-order valence-electron chi connectivity index (χ1n) is 7.21. The second-order valence-corrected chi connectivity index (χ2v) is 10.5. The molecule has 26 heavy (non-hydrogen) atoms. The quantitative estimate of drug-likeness (QED) is 0.563. The Hall–Kier alpha value is -1.38. The van der Waals surface area contributed by atoms with E-state index in [2.05, 4.69) is 4.99 Å². The van der Waals surface area contributed by atoms with Gasteiger partial charge in [0.05, 0.1) is 11.4 Å². The summed E-state index contributed by atoms with van der Waals surface area (Å²) in [6, 6.07) is 2.00. The van der Waals surface area contributed by atoms with Gasteiger partial charge in [0.25, 0.3) is 30.4 Å². The van der Waals surface area contributed by atoms with Gasteiger partial charge in [-0.2, -0.15) is 25.3 Å². The minimum atomic E-state index is -5.07. The number of hydrogen-bond donors (Lipinski definition) is 3. The van der Waals surface area contributed by atoms with E-state index in [1.807, 2.05) is 0 Å². The van der Waals surface area contributed by atoms with Crippen molar-refractivity contribution in [2.75, 3.05) is 5.75 Å². The van der Waals surface area contributed by atoms with E-state index >= 15 is 0 Å². The van der Waals surface area contributed by atoms with Gasteiger partial charge in [0, 0.05) is 16.7 Å². The Balaban J connectivity index is 2.73. The van der Waals surface area contributed by atoms with Gasteiger partial charge in [-0.15, -0.1) is 0 Å². The molecule has 1 unspecified atom stereocenters. The average molecular weight is 427 g/mol. The van der Waals surface area contributed by atoms with E-state index in [9.17, 15) is 34.4 Å². The molecule has 1 atom stereocenters. The highest BCUT2D eigenvalue weighted by molar-refractivity contribution is 7.89. The number of fused-ring (bicyclic) bond motifs is 1. The van der Waals surface area contributed by atoms with Crippen molar-refractivity contribution in [2.24, 2.45) is 4.99 Å². The maximum Gasteiger partial charge on any atom is 0.296 e. The van der Waals surface area contributed by atoms with E-state index in [4.69, 9.17) is 4.55 Å². The van der Waals surface area contributed by atoms with Gasteiger partial charge in [-0.3, -0.25) is 18.7 Å². The summed E-state index contributed by atoms with van der Waals surface area (Å²) in [5.74, 6) is -0.593. The minimum absolute atomic E-state index is 0.00737. The summed E-state index contributed by atoms with van der Waals surface area (Å²) in [7, 11) is -14.3. The van der Waals surface area contributed by atoms with Crippen LogP contribution in [0.5, 0.6) is 0 Å². The molecule has 0 radical (unpaired) electrons. The van der Waals surface area contributed by atoms with Crippen LogP contribution in [0, 0.1) is 0 Å². The maximum atomic E-state index is 11.9. The molecule has 2 rings (SSSR count). The summed E-state index contributed by atoms with van der Waals surface area (Å²) in [5.41, 5.74) is -0.939. The molecule has 3 N–H and O–H groups in total. The zero-order valence-electron chi connectivity index (χ0n) is 13.7. The van der Waals surface area contributed by atoms with Crippen LogP contribution in [-0.4, -0.2) is 50.4 Å². The Kier molecular flexibility index (Phi) is 5.11. The van der Waals surface area contributed by atoms with Gasteiger partial charge in [0.15, 0.2) is 0 Å². The fraction of sp³-hybridized carbons (Fsp3) is 0.462. The molecule has 0 aromatic heterocycles. The van der Waals surface area contributed by atoms with Crippen molar-refractivity contribution < 1.29 is 38.9 Å². The fourth-order valence-corrected chi connectivity index (χ4v) is 5.67. The van der Waals surface area contributed by atoms with Crippen molar-refractivity contribution in [3.63, 3.8) is 0 Å². The van der Waals surface area contributed by atoms with Gasteiger partial charge in [-0.05, 0) is 31.9 Å². The summed E-state index contributed by atoms with van der Waals surface area (Å²) in [5, 5.41) is 0. The van der Waals surface area contributed by atoms with Crippen LogP contribution in [0.4, 0.5) is 5.69 Å². The molecule has 10 nitrogen and oxygen atoms in total. The molecule has 0 bridgehead atoms. The molecule has 0 spiro atoms. The molecule has 0 fully saturated rings. The normalized spacial score (nSPS) is 20.7. The molecule has 13 heteroatoms. The third-order valence-corrected chi connectivity index (χ3v) is 7.12. The predicted molar refractivity (Wildman–Crippen MR) is 91.8 cm³/mol. The highest BCUT2D eigenvalue weighted by Crippen LogP contribution is 2.48. The average Bonchev–Trinajstić information content (AvgIpc) is 2.66. The van der Waals surface area contributed by atoms with Crippen LogP contribution < -0.4 is 0 Å². The maximum absolute atomic E-state index is 11.9. The van der Waals surface area contributed by atoms with Crippen LogP contribution in [0.25, 0.3) is 0 Å². The highest BCUT2D eigenvalue weighted by Gasteiger charge is 2.43. The van der Waals surface area contributed by atoms with Gasteiger partial charge in [0.2, 0.25) is 0 Å². The predicted octanol–water partition coefficient (Wildman–Crippen LogP) is 1.21. The number of hydrogen-bond acceptors (Lipinski definition) is 7. The summed E-state index contributed by atoms with van der Waals surface area (Å²) in [6.07, 6.45) is -0.0881. The first kappa shape index (κ1) is 20.9. The lowest BCUT2D eigenvalue weighted by Crippen LogP contribution is -2.31.